The van der Waals surface area contributed by atoms with Crippen LogP contribution in [0.2, 0.25) is 5.15 Å². The zero-order valence-electron chi connectivity index (χ0n) is 10.3. The maximum absolute atomic E-state index is 11.4. The second-order valence-corrected chi connectivity index (χ2v) is 4.88. The maximum atomic E-state index is 11.4. The molecule has 0 unspecified atom stereocenters. The molecule has 0 spiro atoms. The minimum atomic E-state index is -0.536. The Morgan fingerprint density at radius 3 is 2.59 bits per heavy atom. The summed E-state index contributed by atoms with van der Waals surface area (Å²) in [6, 6.07) is 1.67. The topological polar surface area (TPSA) is 61.3 Å². The number of carbonyl (C=O) groups excluding carboxylic acids is 1. The zero-order valence-corrected chi connectivity index (χ0v) is 11.0. The summed E-state index contributed by atoms with van der Waals surface area (Å²) in [5.74, 6) is -0.473. The van der Waals surface area contributed by atoms with Crippen LogP contribution in [0.5, 0.6) is 6.01 Å². The second kappa shape index (κ2) is 5.31. The van der Waals surface area contributed by atoms with Crippen molar-refractivity contribution in [3.8, 4) is 6.01 Å². The van der Waals surface area contributed by atoms with Gasteiger partial charge in [0.15, 0.2) is 6.61 Å². The van der Waals surface area contributed by atoms with E-state index in [-0.39, 0.29) is 17.8 Å². The van der Waals surface area contributed by atoms with E-state index in [4.69, 9.17) is 21.1 Å². The molecular formula is C11H15ClN2O3. The predicted octanol–water partition coefficient (Wildman–Crippen LogP) is 2.16. The highest BCUT2D eigenvalue weighted by Crippen LogP contribution is 2.12. The summed E-state index contributed by atoms with van der Waals surface area (Å²) in [5.41, 5.74) is 0.134. The number of hydrogen-bond donors (Lipinski definition) is 0. The van der Waals surface area contributed by atoms with Crippen LogP contribution < -0.4 is 4.74 Å². The molecule has 1 heterocycles. The molecule has 0 N–H and O–H groups in total. The van der Waals surface area contributed by atoms with Crippen LogP contribution in [0, 0.1) is 6.92 Å². The summed E-state index contributed by atoms with van der Waals surface area (Å²) in [7, 11) is 0. The molecule has 0 aromatic carbocycles. The van der Waals surface area contributed by atoms with E-state index in [1.807, 2.05) is 0 Å². The van der Waals surface area contributed by atoms with Gasteiger partial charge < -0.3 is 9.47 Å². The van der Waals surface area contributed by atoms with E-state index in [1.54, 1.807) is 33.8 Å². The molecule has 0 amide bonds. The van der Waals surface area contributed by atoms with Crippen LogP contribution in [0.3, 0.4) is 0 Å². The normalized spacial score (nSPS) is 11.1. The second-order valence-electron chi connectivity index (χ2n) is 4.49. The molecule has 94 valence electrons. The first-order valence-electron chi connectivity index (χ1n) is 5.12. The lowest BCUT2D eigenvalue weighted by Crippen LogP contribution is -2.27. The third kappa shape index (κ3) is 5.49. The average Bonchev–Trinajstić information content (AvgIpc) is 2.10. The van der Waals surface area contributed by atoms with Gasteiger partial charge in [-0.1, -0.05) is 11.6 Å². The lowest BCUT2D eigenvalue weighted by molar-refractivity contribution is -0.157. The standard InChI is InChI=1S/C11H15ClN2O3/c1-7-5-8(12)14-10(13-7)16-6-9(15)17-11(2,3)4/h5H,6H2,1-4H3. The first-order valence-corrected chi connectivity index (χ1v) is 5.50. The van der Waals surface area contributed by atoms with Crippen LogP contribution in [0.4, 0.5) is 0 Å². The van der Waals surface area contributed by atoms with Crippen LogP contribution in [0.1, 0.15) is 26.5 Å². The Labute approximate surface area is 105 Å². The lowest BCUT2D eigenvalue weighted by atomic mass is 10.2. The largest absolute Gasteiger partial charge is 0.457 e. The van der Waals surface area contributed by atoms with Crippen LogP contribution in [0.25, 0.3) is 0 Å². The molecule has 6 heteroatoms. The van der Waals surface area contributed by atoms with E-state index in [9.17, 15) is 4.79 Å². The highest BCUT2D eigenvalue weighted by Gasteiger charge is 2.17. The van der Waals surface area contributed by atoms with Crippen molar-refractivity contribution in [1.29, 1.82) is 0 Å². The van der Waals surface area contributed by atoms with Crippen molar-refractivity contribution in [1.82, 2.24) is 9.97 Å². The van der Waals surface area contributed by atoms with Gasteiger partial charge >= 0.3 is 12.0 Å². The van der Waals surface area contributed by atoms with Gasteiger partial charge in [-0.05, 0) is 33.8 Å². The Bertz CT molecular complexity index is 395. The number of esters is 1. The molecule has 0 saturated carbocycles. The molecule has 0 atom stereocenters. The third-order valence-corrected chi connectivity index (χ3v) is 1.74. The number of halogens is 1. The predicted molar refractivity (Wildman–Crippen MR) is 63.1 cm³/mol. The van der Waals surface area contributed by atoms with E-state index >= 15 is 0 Å². The minimum Gasteiger partial charge on any atom is -0.457 e. The summed E-state index contributed by atoms with van der Waals surface area (Å²) in [4.78, 5) is 19.2. The third-order valence-electron chi connectivity index (χ3n) is 1.54. The van der Waals surface area contributed by atoms with Crippen molar-refractivity contribution < 1.29 is 14.3 Å². The van der Waals surface area contributed by atoms with E-state index in [0.29, 0.717) is 5.69 Å². The van der Waals surface area contributed by atoms with Gasteiger partial charge in [0.2, 0.25) is 0 Å². The first kappa shape index (κ1) is 13.7. The molecule has 17 heavy (non-hydrogen) atoms. The number of hydrogen-bond acceptors (Lipinski definition) is 5. The highest BCUT2D eigenvalue weighted by atomic mass is 35.5. The van der Waals surface area contributed by atoms with Gasteiger partial charge in [0.1, 0.15) is 10.8 Å². The van der Waals surface area contributed by atoms with Crippen molar-refractivity contribution in [2.75, 3.05) is 6.61 Å². The number of nitrogens with zero attached hydrogens (tertiary/aromatic N) is 2. The molecule has 1 aromatic rings. The van der Waals surface area contributed by atoms with Gasteiger partial charge in [0.05, 0.1) is 0 Å². The molecule has 1 aromatic heterocycles. The van der Waals surface area contributed by atoms with Gasteiger partial charge in [0.25, 0.3) is 0 Å². The molecule has 0 fully saturated rings. The molecular weight excluding hydrogens is 244 g/mol. The average molecular weight is 259 g/mol. The van der Waals surface area contributed by atoms with E-state index < -0.39 is 11.6 Å². The first-order chi connectivity index (χ1) is 7.76. The number of carbonyl (C=O) groups is 1. The summed E-state index contributed by atoms with van der Waals surface area (Å²) < 4.78 is 10.2. The van der Waals surface area contributed by atoms with Gasteiger partial charge in [-0.25, -0.2) is 9.78 Å². The summed E-state index contributed by atoms with van der Waals surface area (Å²) >= 11 is 5.72. The fraction of sp³-hybridized carbons (Fsp3) is 0.545. The number of aryl methyl sites for hydroxylation is 1. The molecule has 0 aliphatic carbocycles. The van der Waals surface area contributed by atoms with Crippen molar-refractivity contribution in [2.45, 2.75) is 33.3 Å². The van der Waals surface area contributed by atoms with Crippen molar-refractivity contribution in [2.24, 2.45) is 0 Å². The number of ether oxygens (including phenoxy) is 2. The highest BCUT2D eigenvalue weighted by molar-refractivity contribution is 6.29. The van der Waals surface area contributed by atoms with Crippen molar-refractivity contribution >= 4 is 17.6 Å². The van der Waals surface area contributed by atoms with E-state index in [1.165, 1.54) is 0 Å². The SMILES string of the molecule is Cc1cc(Cl)nc(OCC(=O)OC(C)(C)C)n1. The Morgan fingerprint density at radius 1 is 1.41 bits per heavy atom. The van der Waals surface area contributed by atoms with Crippen LogP contribution in [0.15, 0.2) is 6.07 Å². The number of rotatable bonds is 3. The molecule has 5 nitrogen and oxygen atoms in total. The molecule has 0 saturated heterocycles. The summed E-state index contributed by atoms with van der Waals surface area (Å²) in [6.07, 6.45) is 0. The molecule has 0 aliphatic heterocycles. The van der Waals surface area contributed by atoms with Gasteiger partial charge in [-0.15, -0.1) is 0 Å². The van der Waals surface area contributed by atoms with Crippen molar-refractivity contribution in [3.05, 3.63) is 16.9 Å². The Kier molecular flexibility index (Phi) is 4.28. The quantitative estimate of drug-likeness (QED) is 0.614. The summed E-state index contributed by atoms with van der Waals surface area (Å²) in [6.45, 7) is 6.87. The van der Waals surface area contributed by atoms with Gasteiger partial charge in [0, 0.05) is 5.69 Å². The molecule has 0 aliphatic rings. The lowest BCUT2D eigenvalue weighted by Gasteiger charge is -2.19. The molecule has 0 radical (unpaired) electrons. The van der Waals surface area contributed by atoms with E-state index in [0.717, 1.165) is 0 Å². The van der Waals surface area contributed by atoms with Gasteiger partial charge in [-0.2, -0.15) is 4.98 Å². The molecule has 1 rings (SSSR count). The van der Waals surface area contributed by atoms with Crippen LogP contribution in [-0.2, 0) is 9.53 Å². The Hall–Kier alpha value is -1.36. The smallest absolute Gasteiger partial charge is 0.344 e. The monoisotopic (exact) mass is 258 g/mol. The minimum absolute atomic E-state index is 0.0702. The zero-order chi connectivity index (χ0) is 13.1. The van der Waals surface area contributed by atoms with Crippen molar-refractivity contribution in [3.63, 3.8) is 0 Å². The maximum Gasteiger partial charge on any atom is 0.344 e. The fourth-order valence-electron chi connectivity index (χ4n) is 1.06. The fourth-order valence-corrected chi connectivity index (χ4v) is 1.29. The summed E-state index contributed by atoms with van der Waals surface area (Å²) in [5, 5.41) is 0.275. The number of aromatic nitrogens is 2. The molecule has 0 bridgehead atoms. The van der Waals surface area contributed by atoms with Crippen LogP contribution >= 0.6 is 11.6 Å². The van der Waals surface area contributed by atoms with Crippen LogP contribution in [-0.4, -0.2) is 28.1 Å². The van der Waals surface area contributed by atoms with Gasteiger partial charge in [-0.3, -0.25) is 0 Å². The van der Waals surface area contributed by atoms with E-state index in [2.05, 4.69) is 9.97 Å². The Morgan fingerprint density at radius 2 is 2.06 bits per heavy atom. The Balaban J connectivity index is 2.53.